The minimum absolute atomic E-state index is 0.153. The van der Waals surface area contributed by atoms with Gasteiger partial charge in [-0.3, -0.25) is 0 Å². The van der Waals surface area contributed by atoms with Crippen molar-refractivity contribution in [3.63, 3.8) is 0 Å². The molecule has 5 nitrogen and oxygen atoms in total. The summed E-state index contributed by atoms with van der Waals surface area (Å²) in [4.78, 5) is -0.580. The first-order valence-corrected chi connectivity index (χ1v) is 9.66. The van der Waals surface area contributed by atoms with E-state index >= 15 is 0 Å². The number of anilines is 1. The molecule has 0 aliphatic carbocycles. The number of halogens is 4. The first-order chi connectivity index (χ1) is 11.5. The maximum atomic E-state index is 13.6. The summed E-state index contributed by atoms with van der Waals surface area (Å²) in [5, 5.41) is -0.153. The van der Waals surface area contributed by atoms with Gasteiger partial charge in [0.25, 0.3) is 10.0 Å². The summed E-state index contributed by atoms with van der Waals surface area (Å²) in [6.45, 7) is 0. The van der Waals surface area contributed by atoms with Crippen LogP contribution in [0.2, 0.25) is 5.02 Å². The Labute approximate surface area is 149 Å². The Bertz CT molecular complexity index is 889. The maximum absolute atomic E-state index is 13.6. The van der Waals surface area contributed by atoms with Crippen LogP contribution in [0.15, 0.2) is 53.4 Å². The highest BCUT2D eigenvalue weighted by molar-refractivity contribution is 7.92. The Morgan fingerprint density at radius 2 is 1.72 bits per heavy atom. The number of hydrogen-bond acceptors (Lipinski definition) is 3. The van der Waals surface area contributed by atoms with Crippen molar-refractivity contribution < 1.29 is 30.4 Å². The summed E-state index contributed by atoms with van der Waals surface area (Å²) < 4.78 is 85.2. The second kappa shape index (κ2) is 7.32. The van der Waals surface area contributed by atoms with E-state index in [1.807, 2.05) is 0 Å². The molecule has 0 aliphatic heterocycles. The summed E-state index contributed by atoms with van der Waals surface area (Å²) in [6.07, 6.45) is -5.31. The molecule has 136 valence electrons. The normalized spacial score (nSPS) is 13.5. The summed E-state index contributed by atoms with van der Waals surface area (Å²) in [7, 11) is -5.02. The molecule has 0 aliphatic rings. The molecule has 2 rings (SSSR count). The van der Waals surface area contributed by atoms with Crippen LogP contribution in [-0.4, -0.2) is 23.5 Å². The topological polar surface area (TPSA) is 74.7 Å². The predicted octanol–water partition coefficient (Wildman–Crippen LogP) is 3.78. The van der Waals surface area contributed by atoms with Gasteiger partial charge in [0.05, 0.1) is 16.3 Å². The molecule has 0 radical (unpaired) electrons. The molecule has 1 unspecified atom stereocenters. The van der Waals surface area contributed by atoms with Crippen LogP contribution in [0.5, 0.6) is 0 Å². The van der Waals surface area contributed by atoms with Gasteiger partial charge in [0.2, 0.25) is 0 Å². The highest BCUT2D eigenvalue weighted by atomic mass is 35.5. The lowest BCUT2D eigenvalue weighted by Crippen LogP contribution is -2.43. The predicted molar refractivity (Wildman–Crippen MR) is 88.1 cm³/mol. The van der Waals surface area contributed by atoms with Crippen molar-refractivity contribution in [3.05, 3.63) is 59.1 Å². The van der Waals surface area contributed by atoms with Crippen molar-refractivity contribution in [2.45, 2.75) is 16.9 Å². The zero-order valence-electron chi connectivity index (χ0n) is 12.3. The van der Waals surface area contributed by atoms with E-state index in [1.165, 1.54) is 24.3 Å². The van der Waals surface area contributed by atoms with Gasteiger partial charge in [0.1, 0.15) is 0 Å². The molecule has 11 heteroatoms. The van der Waals surface area contributed by atoms with Crippen molar-refractivity contribution in [3.8, 4) is 0 Å². The molecule has 1 N–H and O–H groups in total. The molecule has 0 aromatic heterocycles. The van der Waals surface area contributed by atoms with Crippen LogP contribution in [0.4, 0.5) is 18.9 Å². The monoisotopic (exact) mass is 413 g/mol. The standard InChI is InChI=1S/C14H11ClF3NO4S2/c15-11-7-6-10(9-24(20)21)13(8-11)19(14(16,17)18)25(22,23)12-4-2-1-3-5-12/h1-8H,9H2,(H,20,21). The average molecular weight is 414 g/mol. The summed E-state index contributed by atoms with van der Waals surface area (Å²) in [6, 6.07) is 9.12. The lowest BCUT2D eigenvalue weighted by Gasteiger charge is -2.28. The van der Waals surface area contributed by atoms with Gasteiger partial charge in [-0.25, -0.2) is 12.6 Å². The molecular formula is C14H11ClF3NO4S2. The van der Waals surface area contributed by atoms with Crippen LogP contribution < -0.4 is 4.31 Å². The van der Waals surface area contributed by atoms with E-state index in [0.29, 0.717) is 0 Å². The zero-order valence-corrected chi connectivity index (χ0v) is 14.7. The van der Waals surface area contributed by atoms with Crippen LogP contribution in [0.25, 0.3) is 0 Å². The van der Waals surface area contributed by atoms with Gasteiger partial charge in [-0.1, -0.05) is 35.9 Å². The van der Waals surface area contributed by atoms with Gasteiger partial charge in [-0.15, -0.1) is 13.2 Å². The molecule has 0 saturated carbocycles. The van der Waals surface area contributed by atoms with Gasteiger partial charge in [-0.05, 0) is 29.8 Å². The van der Waals surface area contributed by atoms with E-state index in [0.717, 1.165) is 24.3 Å². The second-order valence-electron chi connectivity index (χ2n) is 4.79. The van der Waals surface area contributed by atoms with Crippen LogP contribution in [0, 0.1) is 0 Å². The molecule has 0 heterocycles. The van der Waals surface area contributed by atoms with E-state index in [4.69, 9.17) is 16.2 Å². The highest BCUT2D eigenvalue weighted by Crippen LogP contribution is 2.38. The molecule has 2 aromatic rings. The smallest absolute Gasteiger partial charge is 0.306 e. The van der Waals surface area contributed by atoms with Crippen molar-refractivity contribution in [1.29, 1.82) is 0 Å². The average Bonchev–Trinajstić information content (AvgIpc) is 2.49. The van der Waals surface area contributed by atoms with Gasteiger partial charge in [0.15, 0.2) is 11.1 Å². The third kappa shape index (κ3) is 4.51. The first-order valence-electron chi connectivity index (χ1n) is 6.56. The molecule has 0 bridgehead atoms. The summed E-state index contributed by atoms with van der Waals surface area (Å²) >= 11 is 3.24. The fourth-order valence-corrected chi connectivity index (χ4v) is 4.17. The van der Waals surface area contributed by atoms with Crippen molar-refractivity contribution in [2.24, 2.45) is 0 Å². The van der Waals surface area contributed by atoms with Crippen molar-refractivity contribution in [2.75, 3.05) is 4.31 Å². The molecule has 0 spiro atoms. The molecule has 0 fully saturated rings. The van der Waals surface area contributed by atoms with E-state index in [9.17, 15) is 25.8 Å². The Morgan fingerprint density at radius 3 is 2.24 bits per heavy atom. The van der Waals surface area contributed by atoms with Gasteiger partial charge in [-0.2, -0.15) is 4.31 Å². The minimum atomic E-state index is -5.31. The third-order valence-corrected chi connectivity index (χ3v) is 5.60. The first kappa shape index (κ1) is 19.7. The molecule has 25 heavy (non-hydrogen) atoms. The van der Waals surface area contributed by atoms with Gasteiger partial charge >= 0.3 is 6.30 Å². The Morgan fingerprint density at radius 1 is 1.12 bits per heavy atom. The number of benzene rings is 2. The van der Waals surface area contributed by atoms with E-state index < -0.39 is 48.0 Å². The molecule has 2 aromatic carbocycles. The third-order valence-electron chi connectivity index (χ3n) is 3.06. The SMILES string of the molecule is O=S(O)Cc1ccc(Cl)cc1N(C(F)(F)F)S(=O)(=O)c1ccccc1. The number of alkyl halides is 3. The molecular weight excluding hydrogens is 403 g/mol. The Hall–Kier alpha value is -1.62. The lowest BCUT2D eigenvalue weighted by molar-refractivity contribution is -0.115. The number of sulfonamides is 1. The van der Waals surface area contributed by atoms with Gasteiger partial charge < -0.3 is 4.55 Å². The van der Waals surface area contributed by atoms with Crippen LogP contribution >= 0.6 is 11.6 Å². The highest BCUT2D eigenvalue weighted by Gasteiger charge is 2.47. The van der Waals surface area contributed by atoms with E-state index in [1.54, 1.807) is 0 Å². The number of nitrogens with zero attached hydrogens (tertiary/aromatic N) is 1. The lowest BCUT2D eigenvalue weighted by atomic mass is 10.2. The summed E-state index contributed by atoms with van der Waals surface area (Å²) in [5.74, 6) is -0.691. The van der Waals surface area contributed by atoms with Crippen LogP contribution in [0.1, 0.15) is 5.56 Å². The maximum Gasteiger partial charge on any atom is 0.498 e. The molecule has 0 saturated heterocycles. The molecule has 0 amide bonds. The minimum Gasteiger partial charge on any atom is -0.306 e. The molecule has 1 atom stereocenters. The fourth-order valence-electron chi connectivity index (χ4n) is 2.08. The van der Waals surface area contributed by atoms with Crippen LogP contribution in [0.3, 0.4) is 0 Å². The van der Waals surface area contributed by atoms with E-state index in [-0.39, 0.29) is 10.6 Å². The second-order valence-corrected chi connectivity index (χ2v) is 7.94. The Balaban J connectivity index is 2.73. The quantitative estimate of drug-likeness (QED) is 0.598. The van der Waals surface area contributed by atoms with Gasteiger partial charge in [0, 0.05) is 5.02 Å². The summed E-state index contributed by atoms with van der Waals surface area (Å²) in [5.41, 5.74) is -1.12. The fraction of sp³-hybridized carbons (Fsp3) is 0.143. The van der Waals surface area contributed by atoms with Crippen LogP contribution in [-0.2, 0) is 26.9 Å². The Kier molecular flexibility index (Phi) is 5.77. The van der Waals surface area contributed by atoms with Crippen molar-refractivity contribution in [1.82, 2.24) is 0 Å². The van der Waals surface area contributed by atoms with E-state index in [2.05, 4.69) is 0 Å². The number of rotatable bonds is 5. The largest absolute Gasteiger partial charge is 0.498 e. The number of hydrogen-bond donors (Lipinski definition) is 1. The van der Waals surface area contributed by atoms with Crippen molar-refractivity contribution >= 4 is 38.4 Å². The zero-order chi connectivity index (χ0) is 18.8.